The maximum absolute atomic E-state index is 14.3. The van der Waals surface area contributed by atoms with Gasteiger partial charge in [0.2, 0.25) is 6.79 Å². The molecular formula is C56H64N4O10S2. The van der Waals surface area contributed by atoms with Gasteiger partial charge in [0.25, 0.3) is 5.56 Å². The SMILES string of the molecule is COc1cc2c(=O)n(CCN(C)C(=O)OCc3ccc(SSCCC(=O)CCCCCN4C5CCCC4CC(OC(=O)Cc4cc(C)ccc4CO)C5)cc3)c3c4cc5c(cc4ncc3c2cc1C)OCO5. The molecule has 2 aromatic heterocycles. The number of esters is 1. The molecule has 5 heterocycles. The minimum absolute atomic E-state index is 0.0609. The van der Waals surface area contributed by atoms with Crippen molar-refractivity contribution < 1.29 is 43.2 Å². The second-order valence-electron chi connectivity index (χ2n) is 19.4. The molecule has 16 heteroatoms. The average Bonchev–Trinajstić information content (AvgIpc) is 3.83. The molecule has 2 unspecified atom stereocenters. The highest BCUT2D eigenvalue weighted by Crippen LogP contribution is 2.40. The lowest BCUT2D eigenvalue weighted by Crippen LogP contribution is -2.54. The number of ketones is 1. The number of pyridine rings is 2. The molecule has 3 aliphatic rings. The standard InChI is InChI=1S/C56H64N4O10S2/c1-35-12-15-38(32-61)39(23-35)25-53(63)70-43-26-40-9-8-10-41(27-43)59(40)19-7-5-6-11-42(62)18-22-71-72-44-16-13-37(14-17-44)33-67-56(65)58(3)20-21-60-54-47-29-51-52(69-34-68-51)30-49(47)57-31-48(54)45-24-36(2)50(66-4)28-46(45)55(60)64/h12-17,23-24,28-31,40-41,43,61H,5-11,18-22,25-27,32-34H2,1-4H3. The third-order valence-electron chi connectivity index (χ3n) is 14.4. The predicted octanol–water partition coefficient (Wildman–Crippen LogP) is 10.2. The number of unbranched alkanes of at least 4 members (excludes halogenated alkanes) is 2. The van der Waals surface area contributed by atoms with Crippen LogP contribution in [-0.2, 0) is 45.2 Å². The summed E-state index contributed by atoms with van der Waals surface area (Å²) in [6.45, 7) is 5.47. The van der Waals surface area contributed by atoms with Crippen LogP contribution in [0.5, 0.6) is 17.2 Å². The number of hydrogen-bond donors (Lipinski definition) is 1. The topological polar surface area (TPSA) is 159 Å². The zero-order valence-electron chi connectivity index (χ0n) is 41.6. The van der Waals surface area contributed by atoms with E-state index in [1.165, 1.54) is 11.3 Å². The summed E-state index contributed by atoms with van der Waals surface area (Å²) in [5.41, 5.74) is 5.56. The highest BCUT2D eigenvalue weighted by atomic mass is 33.1. The second-order valence-corrected chi connectivity index (χ2v) is 21.8. The number of ether oxygens (including phenoxy) is 5. The van der Waals surface area contributed by atoms with E-state index in [4.69, 9.17) is 28.7 Å². The van der Waals surface area contributed by atoms with Crippen molar-refractivity contribution in [2.24, 2.45) is 0 Å². The maximum Gasteiger partial charge on any atom is 0.409 e. The van der Waals surface area contributed by atoms with Crippen molar-refractivity contribution in [3.05, 3.63) is 111 Å². The molecule has 2 atom stereocenters. The number of carbonyl (C=O) groups is 3. The lowest BCUT2D eigenvalue weighted by molar-refractivity contribution is -0.154. The van der Waals surface area contributed by atoms with Gasteiger partial charge in [-0.3, -0.25) is 24.3 Å². The van der Waals surface area contributed by atoms with Crippen LogP contribution in [0.25, 0.3) is 32.6 Å². The number of rotatable bonds is 21. The summed E-state index contributed by atoms with van der Waals surface area (Å²) in [5, 5.41) is 12.5. The lowest BCUT2D eigenvalue weighted by atomic mass is 9.82. The van der Waals surface area contributed by atoms with Gasteiger partial charge in [-0.05, 0) is 104 Å². The van der Waals surface area contributed by atoms with Gasteiger partial charge in [0.1, 0.15) is 24.2 Å². The van der Waals surface area contributed by atoms with Gasteiger partial charge in [-0.2, -0.15) is 0 Å². The smallest absolute Gasteiger partial charge is 0.409 e. The van der Waals surface area contributed by atoms with Crippen molar-refractivity contribution in [3.63, 3.8) is 0 Å². The molecule has 0 radical (unpaired) electrons. The predicted molar refractivity (Wildman–Crippen MR) is 282 cm³/mol. The number of aliphatic hydroxyl groups excluding tert-OH is 1. The van der Waals surface area contributed by atoms with Crippen LogP contribution in [0.3, 0.4) is 0 Å². The van der Waals surface area contributed by atoms with E-state index < -0.39 is 6.09 Å². The maximum atomic E-state index is 14.3. The molecule has 0 spiro atoms. The molecule has 1 N–H and O–H groups in total. The number of nitrogens with zero attached hydrogens (tertiary/aromatic N) is 4. The minimum atomic E-state index is -0.507. The lowest BCUT2D eigenvalue weighted by Gasteiger charge is -2.48. The number of amides is 1. The summed E-state index contributed by atoms with van der Waals surface area (Å²) in [5.74, 6) is 2.61. The molecule has 6 aromatic rings. The van der Waals surface area contributed by atoms with E-state index in [1.54, 1.807) is 52.6 Å². The van der Waals surface area contributed by atoms with Crippen LogP contribution in [0.4, 0.5) is 4.79 Å². The zero-order valence-corrected chi connectivity index (χ0v) is 43.2. The Morgan fingerprint density at radius 1 is 0.861 bits per heavy atom. The molecule has 4 aromatic carbocycles. The number of likely N-dealkylation sites (N-methyl/N-ethyl adjacent to an activating group) is 1. The Morgan fingerprint density at radius 2 is 1.64 bits per heavy atom. The number of fused-ring (bicyclic) bond motifs is 8. The summed E-state index contributed by atoms with van der Waals surface area (Å²) in [4.78, 5) is 63.2. The summed E-state index contributed by atoms with van der Waals surface area (Å²) >= 11 is 0. The third kappa shape index (κ3) is 11.8. The van der Waals surface area contributed by atoms with Crippen LogP contribution >= 0.6 is 21.6 Å². The highest BCUT2D eigenvalue weighted by molar-refractivity contribution is 8.76. The van der Waals surface area contributed by atoms with Crippen LogP contribution in [0, 0.1) is 13.8 Å². The fourth-order valence-corrected chi connectivity index (χ4v) is 12.6. The van der Waals surface area contributed by atoms with Crippen LogP contribution in [0.15, 0.2) is 82.6 Å². The van der Waals surface area contributed by atoms with E-state index in [-0.39, 0.29) is 57.1 Å². The number of aliphatic hydroxyl groups is 1. The van der Waals surface area contributed by atoms with E-state index in [2.05, 4.69) is 4.90 Å². The molecule has 9 rings (SSSR count). The van der Waals surface area contributed by atoms with Crippen LogP contribution in [0.2, 0.25) is 0 Å². The largest absolute Gasteiger partial charge is 0.496 e. The minimum Gasteiger partial charge on any atom is -0.496 e. The molecule has 72 heavy (non-hydrogen) atoms. The molecule has 2 fully saturated rings. The third-order valence-corrected chi connectivity index (χ3v) is 16.8. The molecule has 0 aliphatic carbocycles. The van der Waals surface area contributed by atoms with Crippen LogP contribution in [0.1, 0.15) is 92.0 Å². The summed E-state index contributed by atoms with van der Waals surface area (Å²) < 4.78 is 30.3. The van der Waals surface area contributed by atoms with Gasteiger partial charge in [0.15, 0.2) is 11.5 Å². The molecular weight excluding hydrogens is 953 g/mol. The van der Waals surface area contributed by atoms with Gasteiger partial charge in [-0.25, -0.2) is 4.79 Å². The molecule has 380 valence electrons. The van der Waals surface area contributed by atoms with Crippen LogP contribution in [-0.4, -0.2) is 100 Å². The van der Waals surface area contributed by atoms with Gasteiger partial charge in [-0.1, -0.05) is 70.3 Å². The Morgan fingerprint density at radius 3 is 2.40 bits per heavy atom. The summed E-state index contributed by atoms with van der Waals surface area (Å²) in [7, 11) is 6.54. The van der Waals surface area contributed by atoms with Crippen molar-refractivity contribution in [3.8, 4) is 17.2 Å². The number of Topliss-reactive ketones (excluding diaryl/α,β-unsaturated/α-hetero) is 1. The Labute approximate surface area is 428 Å². The van der Waals surface area contributed by atoms with Crippen molar-refractivity contribution >= 4 is 72.0 Å². The van der Waals surface area contributed by atoms with E-state index in [0.29, 0.717) is 64.4 Å². The number of hydrogen-bond acceptors (Lipinski definition) is 14. The fourth-order valence-electron chi connectivity index (χ4n) is 10.6. The van der Waals surface area contributed by atoms with Crippen LogP contribution < -0.4 is 19.8 Å². The first-order valence-corrected chi connectivity index (χ1v) is 27.4. The summed E-state index contributed by atoms with van der Waals surface area (Å²) in [6, 6.07) is 21.9. The first-order chi connectivity index (χ1) is 35.0. The molecule has 2 saturated heterocycles. The van der Waals surface area contributed by atoms with E-state index in [9.17, 15) is 24.3 Å². The van der Waals surface area contributed by atoms with Crippen molar-refractivity contribution in [2.45, 2.75) is 127 Å². The average molecular weight is 1020 g/mol. The highest BCUT2D eigenvalue weighted by Gasteiger charge is 2.39. The summed E-state index contributed by atoms with van der Waals surface area (Å²) in [6.07, 6.45) is 10.7. The molecule has 2 bridgehead atoms. The number of methoxy groups -OCH3 is 1. The monoisotopic (exact) mass is 1020 g/mol. The quantitative estimate of drug-likeness (QED) is 0.0314. The molecule has 1 amide bonds. The second kappa shape index (κ2) is 23.4. The fraction of sp³-hybridized carbons (Fsp3) is 0.446. The number of aromatic nitrogens is 2. The van der Waals surface area contributed by atoms with Gasteiger partial charge in [-0.15, -0.1) is 0 Å². The van der Waals surface area contributed by atoms with E-state index >= 15 is 0 Å². The van der Waals surface area contributed by atoms with Gasteiger partial charge >= 0.3 is 12.1 Å². The first-order valence-electron chi connectivity index (χ1n) is 25.1. The van der Waals surface area contributed by atoms with Crippen molar-refractivity contribution in [2.75, 3.05) is 39.8 Å². The Kier molecular flexibility index (Phi) is 16.6. The number of aryl methyl sites for hydroxylation is 2. The number of carbonyl (C=O) groups excluding carboxylic acids is 3. The number of piperidine rings is 2. The van der Waals surface area contributed by atoms with E-state index in [0.717, 1.165) is 106 Å². The Bertz CT molecular complexity index is 3000. The van der Waals surface area contributed by atoms with Crippen molar-refractivity contribution in [1.82, 2.24) is 19.4 Å². The van der Waals surface area contributed by atoms with E-state index in [1.807, 2.05) is 74.5 Å². The molecule has 0 saturated carbocycles. The van der Waals surface area contributed by atoms with Crippen molar-refractivity contribution in [1.29, 1.82) is 0 Å². The molecule has 3 aliphatic heterocycles. The van der Waals surface area contributed by atoms with Gasteiger partial charge in [0.05, 0.1) is 36.6 Å². The normalized spacial score (nSPS) is 17.4. The molecule has 14 nitrogen and oxygen atoms in total. The Hall–Kier alpha value is -5.81. The van der Waals surface area contributed by atoms with Gasteiger partial charge in [0, 0.05) is 91.6 Å². The first kappa shape index (κ1) is 51.1. The Balaban J connectivity index is 0.679. The van der Waals surface area contributed by atoms with Gasteiger partial charge < -0.3 is 38.3 Å². The zero-order chi connectivity index (χ0) is 50.3. The number of benzene rings is 4.